The lowest BCUT2D eigenvalue weighted by Gasteiger charge is -2.40. The molecule has 3 heterocycles. The minimum atomic E-state index is -0.561. The van der Waals surface area contributed by atoms with Gasteiger partial charge in [-0.1, -0.05) is 48.9 Å². The molecule has 1 atom stereocenters. The summed E-state index contributed by atoms with van der Waals surface area (Å²) in [5.41, 5.74) is 9.85. The van der Waals surface area contributed by atoms with E-state index in [4.69, 9.17) is 27.9 Å². The van der Waals surface area contributed by atoms with Crippen LogP contribution in [0.3, 0.4) is 0 Å². The molecule has 3 aromatic rings. The van der Waals surface area contributed by atoms with Gasteiger partial charge in [0.2, 0.25) is 0 Å². The molecule has 0 saturated carbocycles. The molecule has 5 rings (SSSR count). The standard InChI is InChI=1S/C31H29Cl2F2N7O/c1-4-20(34)6-5-18(2)28(27-14-42(41-40-27)15-31(3)16-43-17-31)39-22-9-23-29(38-21-7-8-26(35)24(32)10-21)19(12-36)13-37-30(23)25(33)11-22/h4-11,13-14,28,39-41H,2,15-17H2,1,3H3,(H,37,38)/b6-5-,20-4+/t28-/m0/s1. The lowest BCUT2D eigenvalue weighted by atomic mass is 9.88. The fourth-order valence-electron chi connectivity index (χ4n) is 4.75. The number of pyridine rings is 1. The third kappa shape index (κ3) is 6.76. The Hall–Kier alpha value is -4.14. The number of nitrogens with zero attached hydrogens (tertiary/aromatic N) is 3. The zero-order valence-corrected chi connectivity index (χ0v) is 25.0. The van der Waals surface area contributed by atoms with E-state index < -0.39 is 17.7 Å². The Morgan fingerprint density at radius 2 is 2.02 bits per heavy atom. The Morgan fingerprint density at radius 1 is 1.26 bits per heavy atom. The summed E-state index contributed by atoms with van der Waals surface area (Å²) in [5.74, 6) is -0.958. The number of hydrogen-bond donors (Lipinski definition) is 4. The average Bonchev–Trinajstić information content (AvgIpc) is 3.43. The highest BCUT2D eigenvalue weighted by Gasteiger charge is 2.36. The van der Waals surface area contributed by atoms with Crippen molar-refractivity contribution < 1.29 is 13.5 Å². The molecule has 1 aromatic heterocycles. The van der Waals surface area contributed by atoms with Crippen molar-refractivity contribution in [3.05, 3.63) is 106 Å². The van der Waals surface area contributed by atoms with E-state index in [1.54, 1.807) is 25.1 Å². The van der Waals surface area contributed by atoms with E-state index >= 15 is 0 Å². The lowest BCUT2D eigenvalue weighted by Crippen LogP contribution is -2.51. The van der Waals surface area contributed by atoms with Gasteiger partial charge in [0.15, 0.2) is 0 Å². The molecule has 0 spiro atoms. The van der Waals surface area contributed by atoms with Gasteiger partial charge in [0.25, 0.3) is 0 Å². The molecule has 2 aliphatic rings. The van der Waals surface area contributed by atoms with Gasteiger partial charge >= 0.3 is 0 Å². The number of fused-ring (bicyclic) bond motifs is 1. The van der Waals surface area contributed by atoms with Crippen LogP contribution in [0.4, 0.5) is 25.8 Å². The Morgan fingerprint density at radius 3 is 2.70 bits per heavy atom. The van der Waals surface area contributed by atoms with Gasteiger partial charge in [-0.05, 0) is 48.9 Å². The highest BCUT2D eigenvalue weighted by atomic mass is 35.5. The van der Waals surface area contributed by atoms with Crippen LogP contribution >= 0.6 is 23.2 Å². The molecule has 0 bridgehead atoms. The lowest BCUT2D eigenvalue weighted by molar-refractivity contribution is -0.114. The van der Waals surface area contributed by atoms with E-state index in [0.29, 0.717) is 58.3 Å². The highest BCUT2D eigenvalue weighted by molar-refractivity contribution is 6.36. The molecule has 1 saturated heterocycles. The fourth-order valence-corrected chi connectivity index (χ4v) is 5.20. The molecule has 0 aliphatic carbocycles. The summed E-state index contributed by atoms with van der Waals surface area (Å²) in [4.78, 5) is 4.40. The maximum Gasteiger partial charge on any atom is 0.141 e. The highest BCUT2D eigenvalue weighted by Crippen LogP contribution is 2.36. The molecule has 222 valence electrons. The first-order valence-electron chi connectivity index (χ1n) is 13.4. The smallest absolute Gasteiger partial charge is 0.141 e. The molecule has 0 amide bonds. The number of nitrogens with one attached hydrogen (secondary N) is 4. The van der Waals surface area contributed by atoms with Gasteiger partial charge in [-0.3, -0.25) is 9.99 Å². The third-order valence-corrected chi connectivity index (χ3v) is 7.63. The van der Waals surface area contributed by atoms with Crippen LogP contribution in [0.5, 0.6) is 0 Å². The first kappa shape index (κ1) is 30.3. The Balaban J connectivity index is 1.52. The molecule has 1 fully saturated rings. The maximum atomic E-state index is 14.0. The van der Waals surface area contributed by atoms with Gasteiger partial charge in [-0.15, -0.1) is 5.53 Å². The van der Waals surface area contributed by atoms with Crippen molar-refractivity contribution in [3.8, 4) is 6.07 Å². The van der Waals surface area contributed by atoms with Crippen molar-refractivity contribution >= 4 is 51.2 Å². The SMILES string of the molecule is C=C(/C=C\C(F)=C/C)[C@H](Nc1cc(Cl)c2ncc(C#N)c(Nc3ccc(F)c(Cl)c3)c2c1)C1=CN(CC2(C)COC2)NN1. The van der Waals surface area contributed by atoms with Gasteiger partial charge in [0, 0.05) is 41.1 Å². The molecule has 8 nitrogen and oxygen atoms in total. The zero-order chi connectivity index (χ0) is 30.7. The number of ether oxygens (including phenoxy) is 1. The molecule has 2 aromatic carbocycles. The summed E-state index contributed by atoms with van der Waals surface area (Å²) in [6.07, 6.45) is 7.64. The summed E-state index contributed by atoms with van der Waals surface area (Å²) in [6.45, 7) is 10.00. The topological polar surface area (TPSA) is 97.3 Å². The third-order valence-electron chi connectivity index (χ3n) is 7.05. The van der Waals surface area contributed by atoms with Crippen LogP contribution in [0, 0.1) is 22.6 Å². The number of rotatable bonds is 10. The van der Waals surface area contributed by atoms with Gasteiger partial charge in [0.1, 0.15) is 17.7 Å². The molecular weight excluding hydrogens is 595 g/mol. The second-order valence-electron chi connectivity index (χ2n) is 10.7. The largest absolute Gasteiger partial charge is 0.380 e. The minimum Gasteiger partial charge on any atom is -0.380 e. The number of anilines is 3. The monoisotopic (exact) mass is 623 g/mol. The summed E-state index contributed by atoms with van der Waals surface area (Å²) in [5, 5.41) is 19.2. The first-order valence-corrected chi connectivity index (χ1v) is 14.1. The molecule has 43 heavy (non-hydrogen) atoms. The van der Waals surface area contributed by atoms with E-state index in [1.165, 1.54) is 36.5 Å². The van der Waals surface area contributed by atoms with Gasteiger partial charge in [-0.2, -0.15) is 5.26 Å². The van der Waals surface area contributed by atoms with Crippen molar-refractivity contribution in [1.82, 2.24) is 21.0 Å². The zero-order valence-electron chi connectivity index (χ0n) is 23.4. The number of benzene rings is 2. The quantitative estimate of drug-likeness (QED) is 0.175. The fraction of sp³-hybridized carbons (Fsp3) is 0.226. The molecule has 2 aliphatic heterocycles. The molecule has 0 radical (unpaired) electrons. The van der Waals surface area contributed by atoms with E-state index in [9.17, 15) is 14.0 Å². The Labute approximate surface area is 258 Å². The Bertz CT molecular complexity index is 1710. The van der Waals surface area contributed by atoms with Crippen molar-refractivity contribution in [2.45, 2.75) is 19.9 Å². The van der Waals surface area contributed by atoms with Crippen molar-refractivity contribution in [1.29, 1.82) is 5.26 Å². The molecule has 12 heteroatoms. The molecule has 4 N–H and O–H groups in total. The van der Waals surface area contributed by atoms with Crippen molar-refractivity contribution in [2.75, 3.05) is 30.4 Å². The molecular formula is C31H29Cl2F2N7O. The second kappa shape index (κ2) is 12.6. The second-order valence-corrected chi connectivity index (χ2v) is 11.5. The van der Waals surface area contributed by atoms with Gasteiger partial charge in [-0.25, -0.2) is 8.78 Å². The maximum absolute atomic E-state index is 14.0. The predicted octanol–water partition coefficient (Wildman–Crippen LogP) is 7.26. The van der Waals surface area contributed by atoms with E-state index in [-0.39, 0.29) is 16.0 Å². The normalized spacial score (nSPS) is 16.8. The number of hydrogen-bond acceptors (Lipinski definition) is 8. The number of allylic oxidation sites excluding steroid dienone is 3. The van der Waals surface area contributed by atoms with Gasteiger partial charge < -0.3 is 20.8 Å². The average molecular weight is 625 g/mol. The molecule has 0 unspecified atom stereocenters. The van der Waals surface area contributed by atoms with E-state index in [1.807, 2.05) is 11.2 Å². The summed E-state index contributed by atoms with van der Waals surface area (Å²) in [7, 11) is 0. The van der Waals surface area contributed by atoms with Gasteiger partial charge in [0.05, 0.1) is 51.8 Å². The van der Waals surface area contributed by atoms with Crippen LogP contribution in [0.2, 0.25) is 10.0 Å². The predicted molar refractivity (Wildman–Crippen MR) is 167 cm³/mol. The van der Waals surface area contributed by atoms with Crippen molar-refractivity contribution in [3.63, 3.8) is 0 Å². The first-order chi connectivity index (χ1) is 20.6. The number of hydrazine groups is 2. The van der Waals surface area contributed by atoms with Crippen LogP contribution in [-0.4, -0.2) is 35.8 Å². The van der Waals surface area contributed by atoms with Crippen LogP contribution in [0.15, 0.2) is 84.6 Å². The van der Waals surface area contributed by atoms with E-state index in [0.717, 1.165) is 5.70 Å². The number of nitriles is 1. The van der Waals surface area contributed by atoms with Crippen molar-refractivity contribution in [2.24, 2.45) is 5.41 Å². The Kier molecular flexibility index (Phi) is 8.89. The summed E-state index contributed by atoms with van der Waals surface area (Å²) in [6, 6.07) is 9.30. The number of aromatic nitrogens is 1. The number of halogens is 4. The van der Waals surface area contributed by atoms with E-state index in [2.05, 4.69) is 46.2 Å². The van der Waals surface area contributed by atoms with Crippen LogP contribution < -0.4 is 21.6 Å². The minimum absolute atomic E-state index is 0.0188. The van der Waals surface area contributed by atoms with Crippen LogP contribution in [0.25, 0.3) is 10.9 Å². The van der Waals surface area contributed by atoms with Crippen LogP contribution in [0.1, 0.15) is 19.4 Å². The summed E-state index contributed by atoms with van der Waals surface area (Å²) < 4.78 is 33.2. The summed E-state index contributed by atoms with van der Waals surface area (Å²) >= 11 is 12.7. The van der Waals surface area contributed by atoms with Crippen LogP contribution in [-0.2, 0) is 4.74 Å².